The molecule has 0 aliphatic heterocycles. The van der Waals surface area contributed by atoms with Crippen LogP contribution < -0.4 is 5.32 Å². The van der Waals surface area contributed by atoms with Crippen molar-refractivity contribution in [1.82, 2.24) is 15.2 Å². The van der Waals surface area contributed by atoms with E-state index in [1.165, 1.54) is 30.5 Å². The molecule has 2 heterocycles. The maximum absolute atomic E-state index is 4.72. The van der Waals surface area contributed by atoms with Crippen LogP contribution in [0.5, 0.6) is 0 Å². The number of benzene rings is 1. The van der Waals surface area contributed by atoms with Gasteiger partial charge in [-0.15, -0.1) is 0 Å². The smallest absolute Gasteiger partial charge is 0.0650 e. The normalized spacial score (nSPS) is 16.5. The fourth-order valence-corrected chi connectivity index (χ4v) is 3.86. The summed E-state index contributed by atoms with van der Waals surface area (Å²) in [6.07, 6.45) is 8.91. The summed E-state index contributed by atoms with van der Waals surface area (Å²) >= 11 is 0. The minimum absolute atomic E-state index is 0.378. The van der Waals surface area contributed by atoms with E-state index in [0.29, 0.717) is 17.9 Å². The van der Waals surface area contributed by atoms with Gasteiger partial charge in [-0.1, -0.05) is 31.5 Å². The van der Waals surface area contributed by atoms with E-state index >= 15 is 0 Å². The summed E-state index contributed by atoms with van der Waals surface area (Å²) in [5.41, 5.74) is 5.93. The molecule has 1 aliphatic rings. The number of hydrogen-bond donors (Lipinski definition) is 2. The molecule has 2 aromatic heterocycles. The predicted molar refractivity (Wildman–Crippen MR) is 111 cm³/mol. The van der Waals surface area contributed by atoms with Crippen LogP contribution in [0, 0.1) is 0 Å². The molecule has 0 radical (unpaired) electrons. The average molecular weight is 361 g/mol. The summed E-state index contributed by atoms with van der Waals surface area (Å²) in [6.45, 7) is 4.54. The molecule has 4 heteroatoms. The number of pyridine rings is 1. The summed E-state index contributed by atoms with van der Waals surface area (Å²) in [5.74, 6) is 1.18. The van der Waals surface area contributed by atoms with E-state index in [9.17, 15) is 0 Å². The Labute approximate surface area is 161 Å². The van der Waals surface area contributed by atoms with E-state index in [2.05, 4.69) is 72.0 Å². The highest BCUT2D eigenvalue weighted by Crippen LogP contribution is 2.35. The Morgan fingerprint density at radius 1 is 1.15 bits per heavy atom. The number of aromatic nitrogens is 3. The molecule has 0 bridgehead atoms. The van der Waals surface area contributed by atoms with Crippen LogP contribution in [-0.4, -0.2) is 21.2 Å². The summed E-state index contributed by atoms with van der Waals surface area (Å²) in [5, 5.41) is 10.7. The first kappa shape index (κ1) is 17.8. The van der Waals surface area contributed by atoms with Crippen LogP contribution in [0.1, 0.15) is 62.6 Å². The summed E-state index contributed by atoms with van der Waals surface area (Å²) in [7, 11) is 0. The number of rotatable bonds is 7. The van der Waals surface area contributed by atoms with Gasteiger partial charge in [0.2, 0.25) is 0 Å². The zero-order chi connectivity index (χ0) is 18.6. The molecule has 1 fully saturated rings. The number of nitrogens with one attached hydrogen (secondary N) is 2. The second-order valence-corrected chi connectivity index (χ2v) is 7.88. The maximum Gasteiger partial charge on any atom is 0.0650 e. The Kier molecular flexibility index (Phi) is 5.23. The lowest BCUT2D eigenvalue weighted by Gasteiger charge is -2.25. The van der Waals surface area contributed by atoms with Gasteiger partial charge in [-0.25, -0.2) is 0 Å². The van der Waals surface area contributed by atoms with Crippen molar-refractivity contribution < 1.29 is 0 Å². The van der Waals surface area contributed by atoms with Crippen molar-refractivity contribution in [2.45, 2.75) is 57.4 Å². The first-order valence-electron chi connectivity index (χ1n) is 10.0. The van der Waals surface area contributed by atoms with Crippen molar-refractivity contribution in [3.05, 3.63) is 66.1 Å². The van der Waals surface area contributed by atoms with Gasteiger partial charge in [0.05, 0.1) is 5.69 Å². The van der Waals surface area contributed by atoms with Crippen molar-refractivity contribution in [3.8, 4) is 11.3 Å². The number of hydrogen-bond acceptors (Lipinski definition) is 3. The number of anilines is 1. The molecular weight excluding hydrogens is 332 g/mol. The molecule has 4 nitrogen and oxygen atoms in total. The minimum Gasteiger partial charge on any atom is -0.383 e. The fraction of sp³-hybridized carbons (Fsp3) is 0.391. The Bertz CT molecular complexity index is 850. The second kappa shape index (κ2) is 7.95. The van der Waals surface area contributed by atoms with Gasteiger partial charge in [-0.05, 0) is 61.9 Å². The molecule has 1 aliphatic carbocycles. The molecule has 0 saturated heterocycles. The molecule has 1 aromatic carbocycles. The highest BCUT2D eigenvalue weighted by molar-refractivity contribution is 5.64. The molecule has 0 amide bonds. The predicted octanol–water partition coefficient (Wildman–Crippen LogP) is 5.73. The highest BCUT2D eigenvalue weighted by Gasteiger charge is 2.21. The van der Waals surface area contributed by atoms with Crippen LogP contribution in [0.3, 0.4) is 0 Å². The molecular formula is C23H28N4. The van der Waals surface area contributed by atoms with Crippen molar-refractivity contribution in [1.29, 1.82) is 0 Å². The lowest BCUT2D eigenvalue weighted by Crippen LogP contribution is -2.18. The molecule has 2 N–H and O–H groups in total. The SMILES string of the molecule is CC(CC(C)c1ccc(C2CCC2)nc1)Nc1cccc(-c2ccn[nH]2)c1. The fourth-order valence-electron chi connectivity index (χ4n) is 3.86. The Hall–Kier alpha value is -2.62. The van der Waals surface area contributed by atoms with Crippen LogP contribution in [0.25, 0.3) is 11.3 Å². The number of H-pyrrole nitrogens is 1. The molecule has 27 heavy (non-hydrogen) atoms. The van der Waals surface area contributed by atoms with E-state index in [-0.39, 0.29) is 0 Å². The minimum atomic E-state index is 0.378. The monoisotopic (exact) mass is 360 g/mol. The molecule has 140 valence electrons. The quantitative estimate of drug-likeness (QED) is 0.565. The summed E-state index contributed by atoms with van der Waals surface area (Å²) in [6, 6.07) is 15.4. The van der Waals surface area contributed by atoms with Gasteiger partial charge in [0.15, 0.2) is 0 Å². The zero-order valence-corrected chi connectivity index (χ0v) is 16.2. The lowest BCUT2D eigenvalue weighted by molar-refractivity contribution is 0.411. The summed E-state index contributed by atoms with van der Waals surface area (Å²) in [4.78, 5) is 4.72. The number of nitrogens with zero attached hydrogens (tertiary/aromatic N) is 2. The van der Waals surface area contributed by atoms with Gasteiger partial charge in [0.25, 0.3) is 0 Å². The molecule has 3 aromatic rings. The van der Waals surface area contributed by atoms with Crippen LogP contribution in [-0.2, 0) is 0 Å². The van der Waals surface area contributed by atoms with Crippen molar-refractivity contribution in [2.75, 3.05) is 5.32 Å². The van der Waals surface area contributed by atoms with Gasteiger partial charge < -0.3 is 5.32 Å². The second-order valence-electron chi connectivity index (χ2n) is 7.88. The highest BCUT2D eigenvalue weighted by atomic mass is 15.1. The zero-order valence-electron chi connectivity index (χ0n) is 16.2. The molecule has 2 unspecified atom stereocenters. The topological polar surface area (TPSA) is 53.6 Å². The largest absolute Gasteiger partial charge is 0.383 e. The van der Waals surface area contributed by atoms with E-state index in [0.717, 1.165) is 23.4 Å². The van der Waals surface area contributed by atoms with Gasteiger partial charge >= 0.3 is 0 Å². The Morgan fingerprint density at radius 2 is 2.04 bits per heavy atom. The summed E-state index contributed by atoms with van der Waals surface area (Å²) < 4.78 is 0. The third kappa shape index (κ3) is 4.21. The average Bonchev–Trinajstić information content (AvgIpc) is 3.15. The molecule has 4 rings (SSSR count). The van der Waals surface area contributed by atoms with Crippen LogP contribution >= 0.6 is 0 Å². The van der Waals surface area contributed by atoms with Crippen LogP contribution in [0.4, 0.5) is 5.69 Å². The van der Waals surface area contributed by atoms with Crippen LogP contribution in [0.2, 0.25) is 0 Å². The van der Waals surface area contributed by atoms with Crippen molar-refractivity contribution in [2.24, 2.45) is 0 Å². The Morgan fingerprint density at radius 3 is 2.70 bits per heavy atom. The lowest BCUT2D eigenvalue weighted by atomic mass is 9.82. The van der Waals surface area contributed by atoms with Gasteiger partial charge in [-0.3, -0.25) is 10.1 Å². The van der Waals surface area contributed by atoms with Gasteiger partial charge in [0, 0.05) is 41.3 Å². The number of aromatic amines is 1. The third-order valence-electron chi connectivity index (χ3n) is 5.70. The van der Waals surface area contributed by atoms with Crippen LogP contribution in [0.15, 0.2) is 54.9 Å². The Balaban J connectivity index is 1.36. The first-order valence-corrected chi connectivity index (χ1v) is 10.0. The maximum atomic E-state index is 4.72. The van der Waals surface area contributed by atoms with Gasteiger partial charge in [-0.2, -0.15) is 5.10 Å². The van der Waals surface area contributed by atoms with Gasteiger partial charge in [0.1, 0.15) is 0 Å². The standard InChI is InChI=1S/C23H28N4/c1-16(20-9-10-22(24-15-20)18-5-3-6-18)13-17(2)26-21-8-4-7-19(14-21)23-11-12-25-27-23/h4,7-12,14-18,26H,3,5-6,13H2,1-2H3,(H,25,27). The molecule has 0 spiro atoms. The molecule has 1 saturated carbocycles. The van der Waals surface area contributed by atoms with Crippen molar-refractivity contribution >= 4 is 5.69 Å². The first-order chi connectivity index (χ1) is 13.2. The van der Waals surface area contributed by atoms with Crippen molar-refractivity contribution in [3.63, 3.8) is 0 Å². The van der Waals surface area contributed by atoms with E-state index in [4.69, 9.17) is 4.98 Å². The third-order valence-corrected chi connectivity index (χ3v) is 5.70. The molecule has 2 atom stereocenters. The van der Waals surface area contributed by atoms with E-state index in [1.54, 1.807) is 6.20 Å². The van der Waals surface area contributed by atoms with E-state index in [1.807, 2.05) is 6.07 Å². The van der Waals surface area contributed by atoms with E-state index < -0.39 is 0 Å².